The van der Waals surface area contributed by atoms with Gasteiger partial charge in [0.15, 0.2) is 0 Å². The standard InChI is InChI=1S/C9H9NO2/c1-7-6-8-4-2-3-5-9(8)10(7)12-11/h2-6,11H,1H3. The van der Waals surface area contributed by atoms with Crippen LogP contribution in [0.5, 0.6) is 0 Å². The van der Waals surface area contributed by atoms with E-state index in [-0.39, 0.29) is 0 Å². The summed E-state index contributed by atoms with van der Waals surface area (Å²) in [6.45, 7) is 1.87. The van der Waals surface area contributed by atoms with Gasteiger partial charge in [0.2, 0.25) is 0 Å². The lowest BCUT2D eigenvalue weighted by Crippen LogP contribution is -2.06. The summed E-state index contributed by atoms with van der Waals surface area (Å²) in [4.78, 5) is 4.21. The molecule has 0 aliphatic carbocycles. The molecule has 0 fully saturated rings. The van der Waals surface area contributed by atoms with E-state index in [1.54, 1.807) is 0 Å². The van der Waals surface area contributed by atoms with Gasteiger partial charge in [-0.05, 0) is 19.1 Å². The van der Waals surface area contributed by atoms with Gasteiger partial charge in [0.25, 0.3) is 0 Å². The van der Waals surface area contributed by atoms with Crippen LogP contribution >= 0.6 is 0 Å². The molecule has 0 spiro atoms. The van der Waals surface area contributed by atoms with Crippen molar-refractivity contribution in [3.05, 3.63) is 36.0 Å². The van der Waals surface area contributed by atoms with Crippen molar-refractivity contribution in [2.75, 3.05) is 0 Å². The number of aryl methyl sites for hydroxylation is 1. The molecule has 12 heavy (non-hydrogen) atoms. The maximum atomic E-state index is 8.57. The van der Waals surface area contributed by atoms with E-state index in [0.29, 0.717) is 0 Å². The van der Waals surface area contributed by atoms with Crippen molar-refractivity contribution in [1.29, 1.82) is 0 Å². The molecule has 3 heteroatoms. The van der Waals surface area contributed by atoms with Gasteiger partial charge >= 0.3 is 0 Å². The highest BCUT2D eigenvalue weighted by atomic mass is 17.2. The molecule has 1 aromatic heterocycles. The zero-order valence-corrected chi connectivity index (χ0v) is 6.69. The average molecular weight is 163 g/mol. The molecule has 0 aliphatic heterocycles. The summed E-state index contributed by atoms with van der Waals surface area (Å²) in [5.41, 5.74) is 1.75. The summed E-state index contributed by atoms with van der Waals surface area (Å²) in [6.07, 6.45) is 0. The largest absolute Gasteiger partial charge is 0.242 e. The van der Waals surface area contributed by atoms with E-state index in [2.05, 4.69) is 4.99 Å². The predicted molar refractivity (Wildman–Crippen MR) is 45.9 cm³/mol. The van der Waals surface area contributed by atoms with E-state index < -0.39 is 0 Å². The monoisotopic (exact) mass is 163 g/mol. The van der Waals surface area contributed by atoms with Crippen LogP contribution in [-0.4, -0.2) is 9.99 Å². The first kappa shape index (κ1) is 7.18. The second-order valence-corrected chi connectivity index (χ2v) is 2.72. The Kier molecular flexibility index (Phi) is 1.52. The molecule has 0 saturated heterocycles. The quantitative estimate of drug-likeness (QED) is 0.514. The first-order valence-electron chi connectivity index (χ1n) is 3.72. The summed E-state index contributed by atoms with van der Waals surface area (Å²) in [5, 5.41) is 9.63. The Morgan fingerprint density at radius 3 is 2.83 bits per heavy atom. The minimum Gasteiger partial charge on any atom is -0.242 e. The zero-order valence-electron chi connectivity index (χ0n) is 6.69. The van der Waals surface area contributed by atoms with Gasteiger partial charge in [-0.1, -0.05) is 18.2 Å². The van der Waals surface area contributed by atoms with Crippen molar-refractivity contribution in [3.8, 4) is 0 Å². The summed E-state index contributed by atoms with van der Waals surface area (Å²) >= 11 is 0. The highest BCUT2D eigenvalue weighted by Gasteiger charge is 2.04. The normalized spacial score (nSPS) is 10.5. The fraction of sp³-hybridized carbons (Fsp3) is 0.111. The smallest absolute Gasteiger partial charge is 0.0908 e. The average Bonchev–Trinajstić information content (AvgIpc) is 2.40. The Morgan fingerprint density at radius 1 is 1.33 bits per heavy atom. The van der Waals surface area contributed by atoms with Crippen molar-refractivity contribution < 1.29 is 10.2 Å². The van der Waals surface area contributed by atoms with E-state index in [1.807, 2.05) is 37.3 Å². The molecule has 0 atom stereocenters. The van der Waals surface area contributed by atoms with E-state index in [4.69, 9.17) is 5.26 Å². The number of rotatable bonds is 1. The Labute approximate surface area is 69.7 Å². The van der Waals surface area contributed by atoms with Crippen LogP contribution < -0.4 is 4.99 Å². The molecule has 0 unspecified atom stereocenters. The van der Waals surface area contributed by atoms with Crippen LogP contribution in [0.25, 0.3) is 10.9 Å². The number of benzene rings is 1. The summed E-state index contributed by atoms with van der Waals surface area (Å²) in [5.74, 6) is 0. The molecular formula is C9H9NO2. The molecule has 1 heterocycles. The van der Waals surface area contributed by atoms with Crippen molar-refractivity contribution >= 4 is 10.9 Å². The van der Waals surface area contributed by atoms with Crippen LogP contribution in [0, 0.1) is 6.92 Å². The highest BCUT2D eigenvalue weighted by molar-refractivity contribution is 5.80. The molecule has 0 amide bonds. The minimum absolute atomic E-state index is 0.873. The van der Waals surface area contributed by atoms with E-state index in [0.717, 1.165) is 16.6 Å². The lowest BCUT2D eigenvalue weighted by Gasteiger charge is -2.00. The van der Waals surface area contributed by atoms with Crippen molar-refractivity contribution in [1.82, 2.24) is 4.73 Å². The van der Waals surface area contributed by atoms with Gasteiger partial charge in [-0.2, -0.15) is 9.99 Å². The molecule has 2 rings (SSSR count). The molecule has 0 bridgehead atoms. The summed E-state index contributed by atoms with van der Waals surface area (Å²) < 4.78 is 1.38. The third kappa shape index (κ3) is 0.871. The van der Waals surface area contributed by atoms with Gasteiger partial charge in [0.05, 0.1) is 11.2 Å². The molecule has 3 nitrogen and oxygen atoms in total. The van der Waals surface area contributed by atoms with Crippen molar-refractivity contribution in [2.45, 2.75) is 6.92 Å². The number of para-hydroxylation sites is 1. The third-order valence-corrected chi connectivity index (χ3v) is 1.92. The third-order valence-electron chi connectivity index (χ3n) is 1.92. The second kappa shape index (κ2) is 2.53. The van der Waals surface area contributed by atoms with Gasteiger partial charge in [-0.3, -0.25) is 0 Å². The fourth-order valence-electron chi connectivity index (χ4n) is 1.38. The number of nitrogens with zero attached hydrogens (tertiary/aromatic N) is 1. The zero-order chi connectivity index (χ0) is 8.55. The SMILES string of the molecule is Cc1cc2ccccc2n1OO. The van der Waals surface area contributed by atoms with E-state index in [9.17, 15) is 0 Å². The first-order valence-corrected chi connectivity index (χ1v) is 3.72. The molecule has 2 aromatic rings. The molecule has 0 radical (unpaired) electrons. The van der Waals surface area contributed by atoms with Gasteiger partial charge < -0.3 is 0 Å². The van der Waals surface area contributed by atoms with E-state index in [1.165, 1.54) is 4.73 Å². The molecule has 62 valence electrons. The molecule has 0 aliphatic rings. The second-order valence-electron chi connectivity index (χ2n) is 2.72. The Balaban J connectivity index is 2.81. The predicted octanol–water partition coefficient (Wildman–Crippen LogP) is 1.85. The van der Waals surface area contributed by atoms with Crippen LogP contribution in [-0.2, 0) is 0 Å². The van der Waals surface area contributed by atoms with E-state index >= 15 is 0 Å². The van der Waals surface area contributed by atoms with Gasteiger partial charge in [-0.25, -0.2) is 4.99 Å². The number of hydrogen-bond acceptors (Lipinski definition) is 2. The number of fused-ring (bicyclic) bond motifs is 1. The van der Waals surface area contributed by atoms with Crippen LogP contribution in [0.4, 0.5) is 0 Å². The number of hydrogen-bond donors (Lipinski definition) is 1. The minimum atomic E-state index is 0.873. The molecular weight excluding hydrogens is 154 g/mol. The molecule has 0 saturated carbocycles. The highest BCUT2D eigenvalue weighted by Crippen LogP contribution is 2.16. The van der Waals surface area contributed by atoms with Gasteiger partial charge in [0, 0.05) is 5.39 Å². The Morgan fingerprint density at radius 2 is 2.08 bits per heavy atom. The topological polar surface area (TPSA) is 34.4 Å². The summed E-state index contributed by atoms with van der Waals surface area (Å²) in [6, 6.07) is 9.66. The van der Waals surface area contributed by atoms with Crippen molar-refractivity contribution in [3.63, 3.8) is 0 Å². The maximum Gasteiger partial charge on any atom is 0.0908 e. The Hall–Kier alpha value is -1.48. The maximum absolute atomic E-state index is 8.57. The van der Waals surface area contributed by atoms with Crippen LogP contribution in [0.2, 0.25) is 0 Å². The molecule has 1 N–H and O–H groups in total. The van der Waals surface area contributed by atoms with Crippen molar-refractivity contribution in [2.24, 2.45) is 0 Å². The summed E-state index contributed by atoms with van der Waals surface area (Å²) in [7, 11) is 0. The van der Waals surface area contributed by atoms with Crippen LogP contribution in [0.1, 0.15) is 5.69 Å². The van der Waals surface area contributed by atoms with Crippen LogP contribution in [0.3, 0.4) is 0 Å². The van der Waals surface area contributed by atoms with Gasteiger partial charge in [0.1, 0.15) is 0 Å². The Bertz CT molecular complexity index is 406. The number of aromatic nitrogens is 1. The fourth-order valence-corrected chi connectivity index (χ4v) is 1.38. The van der Waals surface area contributed by atoms with Gasteiger partial charge in [-0.15, -0.1) is 0 Å². The van der Waals surface area contributed by atoms with Crippen LogP contribution in [0.15, 0.2) is 30.3 Å². The lowest BCUT2D eigenvalue weighted by atomic mass is 10.2. The first-order chi connectivity index (χ1) is 5.83. The lowest BCUT2D eigenvalue weighted by molar-refractivity contribution is -0.239. The molecule has 1 aromatic carbocycles.